The summed E-state index contributed by atoms with van der Waals surface area (Å²) in [7, 11) is 0. The van der Waals surface area contributed by atoms with E-state index in [0.717, 1.165) is 12.8 Å². The van der Waals surface area contributed by atoms with E-state index in [1.807, 2.05) is 0 Å². The average Bonchev–Trinajstić information content (AvgIpc) is 2.25. The molecule has 2 atom stereocenters. The molecule has 0 spiro atoms. The predicted molar refractivity (Wildman–Crippen MR) is 59.5 cm³/mol. The van der Waals surface area contributed by atoms with Crippen LogP contribution in [0.3, 0.4) is 0 Å². The lowest BCUT2D eigenvalue weighted by atomic mass is 10.1. The van der Waals surface area contributed by atoms with Gasteiger partial charge in [0.05, 0.1) is 6.04 Å². The highest BCUT2D eigenvalue weighted by Gasteiger charge is 2.21. The fourth-order valence-corrected chi connectivity index (χ4v) is 1.14. The van der Waals surface area contributed by atoms with Crippen molar-refractivity contribution in [2.24, 2.45) is 17.2 Å². The van der Waals surface area contributed by atoms with Gasteiger partial charge in [0.15, 0.2) is 0 Å². The Morgan fingerprint density at radius 1 is 1.25 bits per heavy atom. The molecular formula is C9H20N4O3. The maximum atomic E-state index is 11.4. The van der Waals surface area contributed by atoms with Crippen molar-refractivity contribution in [2.45, 2.75) is 31.3 Å². The van der Waals surface area contributed by atoms with Crippen molar-refractivity contribution in [1.82, 2.24) is 5.32 Å². The van der Waals surface area contributed by atoms with Crippen LogP contribution >= 0.6 is 0 Å². The molecule has 0 saturated carbocycles. The van der Waals surface area contributed by atoms with Gasteiger partial charge >= 0.3 is 5.97 Å². The molecule has 0 saturated heterocycles. The summed E-state index contributed by atoms with van der Waals surface area (Å²) >= 11 is 0. The Balaban J connectivity index is 3.98. The number of hydrogen-bond acceptors (Lipinski definition) is 5. The SMILES string of the molecule is NCCCCC(N)C(=O)NC(CN)C(=O)O. The summed E-state index contributed by atoms with van der Waals surface area (Å²) in [5.41, 5.74) is 16.1. The van der Waals surface area contributed by atoms with Crippen LogP contribution < -0.4 is 22.5 Å². The first kappa shape index (κ1) is 14.8. The molecule has 0 aromatic carbocycles. The maximum Gasteiger partial charge on any atom is 0.327 e. The zero-order valence-corrected chi connectivity index (χ0v) is 9.19. The van der Waals surface area contributed by atoms with Crippen molar-refractivity contribution < 1.29 is 14.7 Å². The molecule has 16 heavy (non-hydrogen) atoms. The van der Waals surface area contributed by atoms with Crippen LogP contribution in [0, 0.1) is 0 Å². The Hall–Kier alpha value is -1.18. The monoisotopic (exact) mass is 232 g/mol. The van der Waals surface area contributed by atoms with E-state index >= 15 is 0 Å². The number of carboxylic acid groups (broad SMARTS) is 1. The molecule has 0 heterocycles. The Bertz CT molecular complexity index is 235. The maximum absolute atomic E-state index is 11.4. The van der Waals surface area contributed by atoms with Gasteiger partial charge in [-0.3, -0.25) is 4.79 Å². The number of nitrogens with one attached hydrogen (secondary N) is 1. The standard InChI is InChI=1S/C9H20N4O3/c10-4-2-1-3-6(12)8(14)13-7(5-11)9(15)16/h6-7H,1-5,10-12H2,(H,13,14)(H,15,16). The summed E-state index contributed by atoms with van der Waals surface area (Å²) < 4.78 is 0. The molecule has 7 nitrogen and oxygen atoms in total. The molecular weight excluding hydrogens is 212 g/mol. The predicted octanol–water partition coefficient (Wildman–Crippen LogP) is -2.03. The lowest BCUT2D eigenvalue weighted by molar-refractivity contribution is -0.141. The van der Waals surface area contributed by atoms with Crippen molar-refractivity contribution in [1.29, 1.82) is 0 Å². The quantitative estimate of drug-likeness (QED) is 0.305. The van der Waals surface area contributed by atoms with Crippen LogP contribution in [0.15, 0.2) is 0 Å². The first-order chi connectivity index (χ1) is 7.52. The molecule has 0 rings (SSSR count). The van der Waals surface area contributed by atoms with Gasteiger partial charge in [0.25, 0.3) is 0 Å². The zero-order chi connectivity index (χ0) is 12.6. The number of carbonyl (C=O) groups is 2. The van der Waals surface area contributed by atoms with Crippen LogP contribution in [0.1, 0.15) is 19.3 Å². The van der Waals surface area contributed by atoms with Crippen LogP contribution in [0.4, 0.5) is 0 Å². The Labute approximate surface area is 94.3 Å². The number of aliphatic carboxylic acids is 1. The van der Waals surface area contributed by atoms with Gasteiger partial charge in [0, 0.05) is 6.54 Å². The summed E-state index contributed by atoms with van der Waals surface area (Å²) in [6, 6.07) is -1.78. The number of unbranched alkanes of at least 4 members (excludes halogenated alkanes) is 1. The fraction of sp³-hybridized carbons (Fsp3) is 0.778. The van der Waals surface area contributed by atoms with Crippen molar-refractivity contribution in [3.63, 3.8) is 0 Å². The molecule has 0 aromatic rings. The number of rotatable bonds is 8. The van der Waals surface area contributed by atoms with E-state index in [-0.39, 0.29) is 6.54 Å². The lowest BCUT2D eigenvalue weighted by Crippen LogP contribution is -2.51. The van der Waals surface area contributed by atoms with Crippen molar-refractivity contribution in [3.8, 4) is 0 Å². The van der Waals surface area contributed by atoms with Gasteiger partial charge in [-0.2, -0.15) is 0 Å². The van der Waals surface area contributed by atoms with E-state index in [9.17, 15) is 9.59 Å². The second kappa shape index (κ2) is 8.03. The number of amides is 1. The molecule has 0 aliphatic carbocycles. The van der Waals surface area contributed by atoms with E-state index in [2.05, 4.69) is 5.32 Å². The normalized spacial score (nSPS) is 14.2. The Morgan fingerprint density at radius 2 is 1.88 bits per heavy atom. The van der Waals surface area contributed by atoms with Gasteiger partial charge < -0.3 is 27.6 Å². The van der Waals surface area contributed by atoms with Gasteiger partial charge in [-0.25, -0.2) is 4.79 Å². The van der Waals surface area contributed by atoms with E-state index < -0.39 is 24.0 Å². The molecule has 8 N–H and O–H groups in total. The summed E-state index contributed by atoms with van der Waals surface area (Å²) in [6.07, 6.45) is 2.02. The van der Waals surface area contributed by atoms with Crippen LogP contribution in [-0.2, 0) is 9.59 Å². The van der Waals surface area contributed by atoms with Crippen LogP contribution in [-0.4, -0.2) is 42.2 Å². The fourth-order valence-electron chi connectivity index (χ4n) is 1.14. The third kappa shape index (κ3) is 5.64. The number of carboxylic acids is 1. The number of nitrogens with two attached hydrogens (primary N) is 3. The minimum Gasteiger partial charge on any atom is -0.480 e. The van der Waals surface area contributed by atoms with Gasteiger partial charge in [-0.1, -0.05) is 6.42 Å². The first-order valence-electron chi connectivity index (χ1n) is 5.21. The first-order valence-corrected chi connectivity index (χ1v) is 5.21. The number of hydrogen-bond donors (Lipinski definition) is 5. The molecule has 94 valence electrons. The summed E-state index contributed by atoms with van der Waals surface area (Å²) in [5.74, 6) is -1.65. The molecule has 0 radical (unpaired) electrons. The van der Waals surface area contributed by atoms with Gasteiger partial charge in [-0.05, 0) is 19.4 Å². The highest BCUT2D eigenvalue weighted by atomic mass is 16.4. The van der Waals surface area contributed by atoms with Crippen molar-refractivity contribution in [3.05, 3.63) is 0 Å². The van der Waals surface area contributed by atoms with Gasteiger partial charge in [-0.15, -0.1) is 0 Å². The highest BCUT2D eigenvalue weighted by molar-refractivity contribution is 5.86. The Morgan fingerprint density at radius 3 is 2.31 bits per heavy atom. The summed E-state index contributed by atoms with van der Waals surface area (Å²) in [6.45, 7) is 0.394. The second-order valence-corrected chi connectivity index (χ2v) is 3.53. The average molecular weight is 232 g/mol. The van der Waals surface area contributed by atoms with Crippen LogP contribution in [0.2, 0.25) is 0 Å². The number of carbonyl (C=O) groups excluding carboxylic acids is 1. The minimum atomic E-state index is -1.16. The summed E-state index contributed by atoms with van der Waals surface area (Å²) in [5, 5.41) is 10.9. The van der Waals surface area contributed by atoms with Crippen LogP contribution in [0.25, 0.3) is 0 Å². The van der Waals surface area contributed by atoms with Crippen molar-refractivity contribution in [2.75, 3.05) is 13.1 Å². The molecule has 0 bridgehead atoms. The zero-order valence-electron chi connectivity index (χ0n) is 9.19. The largest absolute Gasteiger partial charge is 0.480 e. The molecule has 0 aromatic heterocycles. The van der Waals surface area contributed by atoms with E-state index in [1.54, 1.807) is 0 Å². The minimum absolute atomic E-state index is 0.156. The highest BCUT2D eigenvalue weighted by Crippen LogP contribution is 1.98. The second-order valence-electron chi connectivity index (χ2n) is 3.53. The molecule has 7 heteroatoms. The molecule has 1 amide bonds. The van der Waals surface area contributed by atoms with Gasteiger partial charge in [0.1, 0.15) is 6.04 Å². The molecule has 2 unspecified atom stereocenters. The lowest BCUT2D eigenvalue weighted by Gasteiger charge is -2.16. The molecule has 0 fully saturated rings. The van der Waals surface area contributed by atoms with E-state index in [1.165, 1.54) is 0 Å². The Kier molecular flexibility index (Phi) is 7.44. The van der Waals surface area contributed by atoms with Crippen LogP contribution in [0.5, 0.6) is 0 Å². The summed E-state index contributed by atoms with van der Waals surface area (Å²) in [4.78, 5) is 22.0. The van der Waals surface area contributed by atoms with E-state index in [4.69, 9.17) is 22.3 Å². The van der Waals surface area contributed by atoms with Crippen molar-refractivity contribution >= 4 is 11.9 Å². The third-order valence-electron chi connectivity index (χ3n) is 2.16. The van der Waals surface area contributed by atoms with Gasteiger partial charge in [0.2, 0.25) is 5.91 Å². The molecule has 0 aliphatic rings. The third-order valence-corrected chi connectivity index (χ3v) is 2.16. The topological polar surface area (TPSA) is 144 Å². The van der Waals surface area contributed by atoms with E-state index in [0.29, 0.717) is 13.0 Å². The smallest absolute Gasteiger partial charge is 0.327 e. The molecule has 0 aliphatic heterocycles.